The largest absolute Gasteiger partial charge is 0.290 e. The van der Waals surface area contributed by atoms with Crippen molar-refractivity contribution in [3.8, 4) is 0 Å². The molecule has 0 saturated carbocycles. The van der Waals surface area contributed by atoms with Crippen molar-refractivity contribution in [2.75, 3.05) is 0 Å². The van der Waals surface area contributed by atoms with Gasteiger partial charge in [-0.3, -0.25) is 10.8 Å². The molecule has 0 amide bonds. The van der Waals surface area contributed by atoms with E-state index in [2.05, 4.69) is 24.4 Å². The van der Waals surface area contributed by atoms with Gasteiger partial charge in [0.2, 0.25) is 0 Å². The molecular weight excluding hydrogens is 126 g/mol. The van der Waals surface area contributed by atoms with Crippen molar-refractivity contribution < 1.29 is 0 Å². The van der Waals surface area contributed by atoms with E-state index in [9.17, 15) is 0 Å². The second-order valence-corrected chi connectivity index (χ2v) is 2.56. The summed E-state index contributed by atoms with van der Waals surface area (Å²) < 4.78 is 0. The zero-order valence-corrected chi connectivity index (χ0v) is 6.59. The second kappa shape index (κ2) is 6.26. The van der Waals surface area contributed by atoms with E-state index < -0.39 is 0 Å². The van der Waals surface area contributed by atoms with E-state index in [4.69, 9.17) is 5.41 Å². The summed E-state index contributed by atoms with van der Waals surface area (Å²) in [6.07, 6.45) is 5.00. The minimum atomic E-state index is 0.728. The molecule has 0 spiro atoms. The molecule has 0 aromatic carbocycles. The van der Waals surface area contributed by atoms with Gasteiger partial charge in [0.05, 0.1) is 6.34 Å². The Bertz CT molecular complexity index is 107. The van der Waals surface area contributed by atoms with Crippen molar-refractivity contribution in [1.29, 1.82) is 5.41 Å². The first kappa shape index (κ1) is 9.14. The van der Waals surface area contributed by atoms with Crippen LogP contribution in [0.25, 0.3) is 0 Å². The fourth-order valence-electron chi connectivity index (χ4n) is 0.562. The van der Waals surface area contributed by atoms with Crippen LogP contribution in [0, 0.1) is 11.3 Å². The molecule has 2 N–H and O–H groups in total. The quantitative estimate of drug-likeness (QED) is 0.341. The molecule has 3 heteroatoms. The zero-order chi connectivity index (χ0) is 7.82. The Hall–Kier alpha value is -0.860. The van der Waals surface area contributed by atoms with Crippen LogP contribution >= 0.6 is 0 Å². The van der Waals surface area contributed by atoms with Crippen LogP contribution in [0.2, 0.25) is 0 Å². The summed E-state index contributed by atoms with van der Waals surface area (Å²) in [7, 11) is 0. The van der Waals surface area contributed by atoms with Gasteiger partial charge < -0.3 is 0 Å². The molecule has 58 valence electrons. The van der Waals surface area contributed by atoms with Gasteiger partial charge in [-0.1, -0.05) is 13.8 Å². The molecule has 0 bridgehead atoms. The van der Waals surface area contributed by atoms with E-state index >= 15 is 0 Å². The Balaban J connectivity index is 3.09. The Labute approximate surface area is 62.0 Å². The lowest BCUT2D eigenvalue weighted by Gasteiger charge is -1.97. The van der Waals surface area contributed by atoms with E-state index in [1.54, 1.807) is 6.21 Å². The fraction of sp³-hybridized carbons (Fsp3) is 0.714. The third-order valence-electron chi connectivity index (χ3n) is 1.10. The molecule has 0 aliphatic rings. The molecule has 0 heterocycles. The maximum atomic E-state index is 6.57. The minimum absolute atomic E-state index is 0.728. The average Bonchev–Trinajstić information content (AvgIpc) is 1.87. The molecule has 0 aromatic rings. The first-order chi connectivity index (χ1) is 4.77. The number of hydrazone groups is 1. The van der Waals surface area contributed by atoms with Gasteiger partial charge in [0.1, 0.15) is 0 Å². The van der Waals surface area contributed by atoms with Gasteiger partial charge in [-0.2, -0.15) is 5.10 Å². The maximum Gasteiger partial charge on any atom is 0.0998 e. The summed E-state index contributed by atoms with van der Waals surface area (Å²) in [6.45, 7) is 4.36. The Morgan fingerprint density at radius 2 is 2.30 bits per heavy atom. The maximum absolute atomic E-state index is 6.57. The summed E-state index contributed by atoms with van der Waals surface area (Å²) in [6, 6.07) is 0. The molecule has 0 aliphatic heterocycles. The molecule has 0 saturated heterocycles. The first-order valence-corrected chi connectivity index (χ1v) is 3.53. The van der Waals surface area contributed by atoms with E-state index in [1.807, 2.05) is 0 Å². The van der Waals surface area contributed by atoms with Crippen molar-refractivity contribution in [3.05, 3.63) is 0 Å². The molecule has 3 nitrogen and oxygen atoms in total. The van der Waals surface area contributed by atoms with Gasteiger partial charge in [-0.25, -0.2) is 0 Å². The van der Waals surface area contributed by atoms with Crippen LogP contribution in [0.3, 0.4) is 0 Å². The van der Waals surface area contributed by atoms with E-state index in [0.29, 0.717) is 0 Å². The Morgan fingerprint density at radius 3 is 2.80 bits per heavy atom. The Kier molecular flexibility index (Phi) is 5.72. The molecule has 0 rings (SSSR count). The van der Waals surface area contributed by atoms with Gasteiger partial charge in [-0.15, -0.1) is 0 Å². The predicted octanol–water partition coefficient (Wildman–Crippen LogP) is 1.61. The Morgan fingerprint density at radius 1 is 1.60 bits per heavy atom. The highest BCUT2D eigenvalue weighted by Gasteiger charge is 1.88. The fourth-order valence-corrected chi connectivity index (χ4v) is 0.562. The molecule has 0 atom stereocenters. The van der Waals surface area contributed by atoms with Crippen molar-refractivity contribution >= 4 is 12.6 Å². The standard InChI is InChI=1S/C7H15N3/c1-7(2)4-3-5-9-10-6-8/h5-7H,3-4H2,1-2H3,(H2,8,10)/b9-5-. The van der Waals surface area contributed by atoms with E-state index in [0.717, 1.165) is 25.1 Å². The van der Waals surface area contributed by atoms with Crippen molar-refractivity contribution in [3.63, 3.8) is 0 Å². The summed E-state index contributed by atoms with van der Waals surface area (Å²) in [5.41, 5.74) is 2.43. The highest BCUT2D eigenvalue weighted by molar-refractivity contribution is 5.59. The molecule has 0 fully saturated rings. The first-order valence-electron chi connectivity index (χ1n) is 3.53. The summed E-state index contributed by atoms with van der Waals surface area (Å²) in [5, 5.41) is 10.3. The average molecular weight is 141 g/mol. The van der Waals surface area contributed by atoms with Crippen LogP contribution in [0.1, 0.15) is 26.7 Å². The number of rotatable bonds is 5. The van der Waals surface area contributed by atoms with Crippen LogP contribution in [0.4, 0.5) is 0 Å². The number of nitrogens with zero attached hydrogens (tertiary/aromatic N) is 1. The van der Waals surface area contributed by atoms with Crippen LogP contribution < -0.4 is 5.43 Å². The summed E-state index contributed by atoms with van der Waals surface area (Å²) in [5.74, 6) is 0.728. The lowest BCUT2D eigenvalue weighted by Crippen LogP contribution is -1.99. The third kappa shape index (κ3) is 7.14. The molecule has 0 aromatic heterocycles. The van der Waals surface area contributed by atoms with E-state index in [1.165, 1.54) is 0 Å². The third-order valence-corrected chi connectivity index (χ3v) is 1.10. The zero-order valence-electron chi connectivity index (χ0n) is 6.59. The van der Waals surface area contributed by atoms with Crippen molar-refractivity contribution in [2.24, 2.45) is 11.0 Å². The number of hydrogen-bond acceptors (Lipinski definition) is 2. The van der Waals surface area contributed by atoms with E-state index in [-0.39, 0.29) is 0 Å². The highest BCUT2D eigenvalue weighted by atomic mass is 15.3. The monoisotopic (exact) mass is 141 g/mol. The van der Waals surface area contributed by atoms with Crippen LogP contribution in [-0.2, 0) is 0 Å². The molecule has 0 radical (unpaired) electrons. The van der Waals surface area contributed by atoms with Crippen molar-refractivity contribution in [2.45, 2.75) is 26.7 Å². The van der Waals surface area contributed by atoms with Crippen LogP contribution in [0.15, 0.2) is 5.10 Å². The lowest BCUT2D eigenvalue weighted by molar-refractivity contribution is 0.605. The van der Waals surface area contributed by atoms with Gasteiger partial charge in [0, 0.05) is 6.21 Å². The van der Waals surface area contributed by atoms with Crippen LogP contribution in [-0.4, -0.2) is 12.6 Å². The molecule has 10 heavy (non-hydrogen) atoms. The highest BCUT2D eigenvalue weighted by Crippen LogP contribution is 2.00. The lowest BCUT2D eigenvalue weighted by atomic mass is 10.1. The van der Waals surface area contributed by atoms with Gasteiger partial charge in [-0.05, 0) is 18.8 Å². The van der Waals surface area contributed by atoms with Gasteiger partial charge in [0.15, 0.2) is 0 Å². The molecule has 0 unspecified atom stereocenters. The topological polar surface area (TPSA) is 48.2 Å². The van der Waals surface area contributed by atoms with Crippen molar-refractivity contribution in [1.82, 2.24) is 5.43 Å². The normalized spacial score (nSPS) is 10.7. The molecular formula is C7H15N3. The summed E-state index contributed by atoms with van der Waals surface area (Å²) >= 11 is 0. The van der Waals surface area contributed by atoms with Gasteiger partial charge in [0.25, 0.3) is 0 Å². The minimum Gasteiger partial charge on any atom is -0.290 e. The smallest absolute Gasteiger partial charge is 0.0998 e. The SMILES string of the molecule is CC(C)CC/C=N\NC=N. The number of hydrogen-bond donors (Lipinski definition) is 2. The second-order valence-electron chi connectivity index (χ2n) is 2.56. The van der Waals surface area contributed by atoms with Crippen LogP contribution in [0.5, 0.6) is 0 Å². The van der Waals surface area contributed by atoms with Gasteiger partial charge >= 0.3 is 0 Å². The summed E-state index contributed by atoms with van der Waals surface area (Å²) in [4.78, 5) is 0. The molecule has 0 aliphatic carbocycles. The predicted molar refractivity (Wildman–Crippen MR) is 44.5 cm³/mol. The number of nitrogens with one attached hydrogen (secondary N) is 2.